The van der Waals surface area contributed by atoms with Crippen molar-refractivity contribution in [3.05, 3.63) is 0 Å². The monoisotopic (exact) mass is 349 g/mol. The van der Waals surface area contributed by atoms with E-state index in [9.17, 15) is 19.2 Å². The molecule has 0 aliphatic rings. The van der Waals surface area contributed by atoms with E-state index in [0.29, 0.717) is 25.9 Å². The summed E-state index contributed by atoms with van der Waals surface area (Å²) in [4.78, 5) is 41.4. The van der Waals surface area contributed by atoms with Gasteiger partial charge < -0.3 is 38.0 Å². The van der Waals surface area contributed by atoms with Gasteiger partial charge in [0.1, 0.15) is 12.1 Å². The van der Waals surface area contributed by atoms with E-state index in [1.165, 1.54) is 0 Å². The summed E-state index contributed by atoms with van der Waals surface area (Å²) in [6.07, 6.45) is 1.19. The predicted octanol–water partition coefficient (Wildman–Crippen LogP) is -1.84. The van der Waals surface area contributed by atoms with E-state index >= 15 is 0 Å². The highest BCUT2D eigenvalue weighted by Crippen LogP contribution is 1.94. The molecular formula is C13H27N5O6. The van der Waals surface area contributed by atoms with Crippen LogP contribution < -0.4 is 27.8 Å². The van der Waals surface area contributed by atoms with E-state index in [2.05, 4.69) is 10.6 Å². The van der Waals surface area contributed by atoms with E-state index in [0.717, 1.165) is 0 Å². The van der Waals surface area contributed by atoms with Crippen LogP contribution >= 0.6 is 0 Å². The first-order valence-electron chi connectivity index (χ1n) is 7.38. The van der Waals surface area contributed by atoms with Gasteiger partial charge in [0.25, 0.3) is 0 Å². The van der Waals surface area contributed by atoms with Crippen LogP contribution in [0.15, 0.2) is 0 Å². The van der Waals surface area contributed by atoms with Crippen LogP contribution in [0.4, 0.5) is 4.79 Å². The van der Waals surface area contributed by atoms with Crippen molar-refractivity contribution in [2.45, 2.75) is 44.7 Å². The third-order valence-electron chi connectivity index (χ3n) is 2.68. The van der Waals surface area contributed by atoms with E-state index < -0.39 is 30.1 Å². The van der Waals surface area contributed by atoms with Crippen LogP contribution in [0.3, 0.4) is 0 Å². The lowest BCUT2D eigenvalue weighted by Crippen LogP contribution is -2.33. The van der Waals surface area contributed by atoms with Crippen LogP contribution in [0.1, 0.15) is 32.6 Å². The Bertz CT molecular complexity index is 418. The van der Waals surface area contributed by atoms with Crippen molar-refractivity contribution in [3.8, 4) is 0 Å². The van der Waals surface area contributed by atoms with Crippen LogP contribution in [0.5, 0.6) is 0 Å². The third kappa shape index (κ3) is 16.0. The smallest absolute Gasteiger partial charge is 0.320 e. The van der Waals surface area contributed by atoms with Gasteiger partial charge in [-0.15, -0.1) is 0 Å². The molecule has 0 unspecified atom stereocenters. The van der Waals surface area contributed by atoms with Gasteiger partial charge in [0, 0.05) is 19.5 Å². The lowest BCUT2D eigenvalue weighted by Gasteiger charge is -2.05. The van der Waals surface area contributed by atoms with Crippen molar-refractivity contribution < 1.29 is 29.4 Å². The number of carboxylic acids is 2. The summed E-state index contributed by atoms with van der Waals surface area (Å²) in [5, 5.41) is 21.6. The van der Waals surface area contributed by atoms with Gasteiger partial charge in [0.2, 0.25) is 5.91 Å². The maximum Gasteiger partial charge on any atom is 0.320 e. The van der Waals surface area contributed by atoms with Crippen LogP contribution in [-0.4, -0.2) is 59.3 Å². The first kappa shape index (κ1) is 23.9. The summed E-state index contributed by atoms with van der Waals surface area (Å²) in [6.45, 7) is 2.71. The molecule has 0 saturated heterocycles. The van der Waals surface area contributed by atoms with E-state index in [4.69, 9.17) is 27.4 Å². The van der Waals surface area contributed by atoms with Gasteiger partial charge >= 0.3 is 18.0 Å². The summed E-state index contributed by atoms with van der Waals surface area (Å²) in [5.74, 6) is -2.26. The van der Waals surface area contributed by atoms with Gasteiger partial charge in [0.05, 0.1) is 0 Å². The highest BCUT2D eigenvalue weighted by molar-refractivity contribution is 5.78. The van der Waals surface area contributed by atoms with Gasteiger partial charge in [-0.3, -0.25) is 14.4 Å². The highest BCUT2D eigenvalue weighted by Gasteiger charge is 2.12. The number of rotatable bonds is 10. The minimum absolute atomic E-state index is 0.158. The molecule has 0 saturated carbocycles. The topological polar surface area (TPSA) is 211 Å². The normalized spacial score (nSPS) is 12.1. The van der Waals surface area contributed by atoms with Crippen molar-refractivity contribution in [1.29, 1.82) is 0 Å². The molecule has 0 aromatic carbocycles. The number of aliphatic carboxylic acids is 2. The summed E-state index contributed by atoms with van der Waals surface area (Å²) in [7, 11) is 0. The number of nitrogens with two attached hydrogens (primary N) is 3. The average Bonchev–Trinajstić information content (AvgIpc) is 2.49. The van der Waals surface area contributed by atoms with Crippen LogP contribution in [0, 0.1) is 0 Å². The second-order valence-corrected chi connectivity index (χ2v) is 4.81. The van der Waals surface area contributed by atoms with E-state index in [1.807, 2.05) is 0 Å². The Hall–Kier alpha value is -2.40. The van der Waals surface area contributed by atoms with Gasteiger partial charge in [-0.2, -0.15) is 0 Å². The van der Waals surface area contributed by atoms with E-state index in [1.54, 1.807) is 6.92 Å². The van der Waals surface area contributed by atoms with Crippen molar-refractivity contribution >= 4 is 23.9 Å². The molecule has 10 N–H and O–H groups in total. The molecule has 24 heavy (non-hydrogen) atoms. The molecule has 0 bridgehead atoms. The van der Waals surface area contributed by atoms with Gasteiger partial charge in [-0.1, -0.05) is 0 Å². The molecule has 11 nitrogen and oxygen atoms in total. The minimum atomic E-state index is -1.07. The summed E-state index contributed by atoms with van der Waals surface area (Å²) >= 11 is 0. The molecule has 2 atom stereocenters. The Kier molecular flexibility index (Phi) is 14.1. The number of primary amides is 1. The fourth-order valence-corrected chi connectivity index (χ4v) is 1.35. The zero-order valence-electron chi connectivity index (χ0n) is 13.7. The second-order valence-electron chi connectivity index (χ2n) is 4.81. The molecule has 0 radical (unpaired) electrons. The van der Waals surface area contributed by atoms with Crippen molar-refractivity contribution in [1.82, 2.24) is 10.6 Å². The van der Waals surface area contributed by atoms with Crippen LogP contribution in [-0.2, 0) is 14.4 Å². The predicted molar refractivity (Wildman–Crippen MR) is 86.0 cm³/mol. The largest absolute Gasteiger partial charge is 0.480 e. The molecular weight excluding hydrogens is 322 g/mol. The molecule has 0 aliphatic carbocycles. The number of amides is 3. The fraction of sp³-hybridized carbons (Fsp3) is 0.692. The Labute approximate surface area is 139 Å². The first-order valence-corrected chi connectivity index (χ1v) is 7.38. The number of carbonyl (C=O) groups excluding carboxylic acids is 2. The molecule has 11 heteroatoms. The second kappa shape index (κ2) is 14.2. The zero-order chi connectivity index (χ0) is 19.1. The number of carboxylic acid groups (broad SMARTS) is 2. The molecule has 0 heterocycles. The summed E-state index contributed by atoms with van der Waals surface area (Å²) in [6, 6.07) is -2.41. The lowest BCUT2D eigenvalue weighted by molar-refractivity contribution is -0.139. The highest BCUT2D eigenvalue weighted by atomic mass is 16.4. The quantitative estimate of drug-likeness (QED) is 0.222. The van der Waals surface area contributed by atoms with Crippen molar-refractivity contribution in [2.75, 3.05) is 13.1 Å². The molecule has 140 valence electrons. The van der Waals surface area contributed by atoms with Crippen molar-refractivity contribution in [3.63, 3.8) is 0 Å². The fourth-order valence-electron chi connectivity index (χ4n) is 1.35. The van der Waals surface area contributed by atoms with Gasteiger partial charge in [-0.25, -0.2) is 4.79 Å². The van der Waals surface area contributed by atoms with Gasteiger partial charge in [-0.05, 0) is 26.2 Å². The number of nitrogens with one attached hydrogen (secondary N) is 2. The summed E-state index contributed by atoms with van der Waals surface area (Å²) in [5.41, 5.74) is 15.1. The van der Waals surface area contributed by atoms with E-state index in [-0.39, 0.29) is 18.7 Å². The SMILES string of the molecule is CCNC(=O)CC[C@H](N)C(=O)O.NC(=O)NCCC[C@H](N)C(=O)O. The maximum atomic E-state index is 10.8. The lowest BCUT2D eigenvalue weighted by atomic mass is 10.1. The maximum absolute atomic E-state index is 10.8. The average molecular weight is 349 g/mol. The Morgan fingerprint density at radius 2 is 1.46 bits per heavy atom. The molecule has 3 amide bonds. The molecule has 0 fully saturated rings. The Morgan fingerprint density at radius 1 is 0.958 bits per heavy atom. The first-order chi connectivity index (χ1) is 11.1. The standard InChI is InChI=1S/C7H14N2O3.C6H13N3O3/c1-2-9-6(10)4-3-5(8)7(11)12;7-4(5(10)11)2-1-3-9-6(8)12/h5H,2-4,8H2,1H3,(H,9,10)(H,11,12);4H,1-3,7H2,(H,10,11)(H3,8,9,12)/t5-;4-/m00/s1. The number of hydrogen-bond acceptors (Lipinski definition) is 6. The number of hydrogen-bond donors (Lipinski definition) is 7. The molecule has 0 aliphatic heterocycles. The molecule has 0 aromatic rings. The molecule has 0 spiro atoms. The number of carbonyl (C=O) groups is 4. The summed E-state index contributed by atoms with van der Waals surface area (Å²) < 4.78 is 0. The van der Waals surface area contributed by atoms with Gasteiger partial charge in [0.15, 0.2) is 0 Å². The number of urea groups is 1. The minimum Gasteiger partial charge on any atom is -0.480 e. The third-order valence-corrected chi connectivity index (χ3v) is 2.68. The zero-order valence-corrected chi connectivity index (χ0v) is 13.7. The molecule has 0 aromatic heterocycles. The van der Waals surface area contributed by atoms with Crippen LogP contribution in [0.25, 0.3) is 0 Å². The van der Waals surface area contributed by atoms with Crippen LogP contribution in [0.2, 0.25) is 0 Å². The molecule has 0 rings (SSSR count). The van der Waals surface area contributed by atoms with Crippen molar-refractivity contribution in [2.24, 2.45) is 17.2 Å². The Morgan fingerprint density at radius 3 is 1.88 bits per heavy atom. The Balaban J connectivity index is 0.